The van der Waals surface area contributed by atoms with Crippen LogP contribution in [0, 0.1) is 0 Å². The Morgan fingerprint density at radius 3 is 3.00 bits per heavy atom. The minimum atomic E-state index is -0.00558. The molecule has 0 aromatic rings. The Bertz CT molecular complexity index is 144. The van der Waals surface area contributed by atoms with Crippen LogP contribution in [0.3, 0.4) is 0 Å². The lowest BCUT2D eigenvalue weighted by Crippen LogP contribution is -2.49. The first kappa shape index (κ1) is 10.9. The fraction of sp³-hybridized carbons (Fsp3) is 1.00. The lowest BCUT2D eigenvalue weighted by molar-refractivity contribution is -0.0776. The molecule has 4 nitrogen and oxygen atoms in total. The number of hydrogen-bond donors (Lipinski definition) is 2. The molecule has 1 saturated heterocycles. The average Bonchev–Trinajstić information content (AvgIpc) is 2.17. The zero-order valence-corrected chi connectivity index (χ0v) is 8.28. The standard InChI is InChI=1S/C9H20N2O2/c1-8-7-13-9(6-12)5-11(8)4-2-3-10/h8-9,12H,2-7,10H2,1H3. The third-order valence-electron chi connectivity index (χ3n) is 2.49. The second-order valence-corrected chi connectivity index (χ2v) is 3.62. The quantitative estimate of drug-likeness (QED) is 0.619. The van der Waals surface area contributed by atoms with Gasteiger partial charge in [0.05, 0.1) is 19.3 Å². The van der Waals surface area contributed by atoms with E-state index in [0.29, 0.717) is 6.04 Å². The van der Waals surface area contributed by atoms with Crippen LogP contribution in [-0.2, 0) is 4.74 Å². The van der Waals surface area contributed by atoms with Gasteiger partial charge in [-0.3, -0.25) is 4.90 Å². The van der Waals surface area contributed by atoms with Gasteiger partial charge in [0.25, 0.3) is 0 Å². The van der Waals surface area contributed by atoms with Gasteiger partial charge in [-0.25, -0.2) is 0 Å². The van der Waals surface area contributed by atoms with Crippen molar-refractivity contribution in [3.05, 3.63) is 0 Å². The molecule has 4 heteroatoms. The lowest BCUT2D eigenvalue weighted by Gasteiger charge is -2.37. The lowest BCUT2D eigenvalue weighted by atomic mass is 10.2. The van der Waals surface area contributed by atoms with Gasteiger partial charge in [-0.05, 0) is 26.4 Å². The third kappa shape index (κ3) is 3.23. The number of rotatable bonds is 4. The number of nitrogens with two attached hydrogens (primary N) is 1. The molecule has 0 bridgehead atoms. The molecule has 0 amide bonds. The Morgan fingerprint density at radius 2 is 2.38 bits per heavy atom. The van der Waals surface area contributed by atoms with Crippen molar-refractivity contribution in [1.29, 1.82) is 0 Å². The van der Waals surface area contributed by atoms with E-state index in [4.69, 9.17) is 15.6 Å². The molecule has 3 N–H and O–H groups in total. The number of morpholine rings is 1. The SMILES string of the molecule is CC1COC(CO)CN1CCCN. The van der Waals surface area contributed by atoms with E-state index in [2.05, 4.69) is 11.8 Å². The molecule has 0 spiro atoms. The van der Waals surface area contributed by atoms with Crippen molar-refractivity contribution in [3.8, 4) is 0 Å². The number of ether oxygens (including phenoxy) is 1. The highest BCUT2D eigenvalue weighted by Gasteiger charge is 2.24. The molecule has 1 aliphatic rings. The van der Waals surface area contributed by atoms with Crippen molar-refractivity contribution in [2.75, 3.05) is 32.8 Å². The van der Waals surface area contributed by atoms with Crippen LogP contribution >= 0.6 is 0 Å². The zero-order chi connectivity index (χ0) is 9.68. The summed E-state index contributed by atoms with van der Waals surface area (Å²) in [6, 6.07) is 0.453. The van der Waals surface area contributed by atoms with Crippen LogP contribution in [0.25, 0.3) is 0 Å². The van der Waals surface area contributed by atoms with E-state index < -0.39 is 0 Å². The highest BCUT2D eigenvalue weighted by atomic mass is 16.5. The minimum absolute atomic E-state index is 0.00558. The van der Waals surface area contributed by atoms with Crippen molar-refractivity contribution in [2.24, 2.45) is 5.73 Å². The van der Waals surface area contributed by atoms with Crippen molar-refractivity contribution >= 4 is 0 Å². The van der Waals surface area contributed by atoms with Crippen LogP contribution in [-0.4, -0.2) is 55.0 Å². The van der Waals surface area contributed by atoms with Gasteiger partial charge < -0.3 is 15.6 Å². The van der Waals surface area contributed by atoms with Crippen molar-refractivity contribution < 1.29 is 9.84 Å². The molecule has 2 unspecified atom stereocenters. The number of aliphatic hydroxyl groups excluding tert-OH is 1. The highest BCUT2D eigenvalue weighted by Crippen LogP contribution is 2.11. The molecular formula is C9H20N2O2. The second kappa shape index (κ2) is 5.54. The molecule has 0 aliphatic carbocycles. The molecule has 1 rings (SSSR count). The van der Waals surface area contributed by atoms with E-state index in [1.807, 2.05) is 0 Å². The molecule has 0 aromatic carbocycles. The highest BCUT2D eigenvalue weighted by molar-refractivity contribution is 4.76. The van der Waals surface area contributed by atoms with Gasteiger partial charge in [-0.2, -0.15) is 0 Å². The molecular weight excluding hydrogens is 168 g/mol. The largest absolute Gasteiger partial charge is 0.394 e. The summed E-state index contributed by atoms with van der Waals surface area (Å²) >= 11 is 0. The monoisotopic (exact) mass is 188 g/mol. The van der Waals surface area contributed by atoms with E-state index in [0.717, 1.165) is 32.7 Å². The van der Waals surface area contributed by atoms with E-state index >= 15 is 0 Å². The predicted molar refractivity (Wildman–Crippen MR) is 51.5 cm³/mol. The summed E-state index contributed by atoms with van der Waals surface area (Å²) in [6.45, 7) is 5.55. The van der Waals surface area contributed by atoms with Crippen molar-refractivity contribution in [2.45, 2.75) is 25.5 Å². The van der Waals surface area contributed by atoms with Gasteiger partial charge >= 0.3 is 0 Å². The molecule has 0 saturated carbocycles. The Balaban J connectivity index is 2.31. The molecule has 78 valence electrons. The Hall–Kier alpha value is -0.160. The van der Waals surface area contributed by atoms with Gasteiger partial charge in [0, 0.05) is 12.6 Å². The van der Waals surface area contributed by atoms with Crippen LogP contribution in [0.2, 0.25) is 0 Å². The normalized spacial score (nSPS) is 30.7. The minimum Gasteiger partial charge on any atom is -0.394 e. The van der Waals surface area contributed by atoms with Gasteiger partial charge in [0.2, 0.25) is 0 Å². The predicted octanol–water partition coefficient (Wildman–Crippen LogP) is -0.583. The van der Waals surface area contributed by atoms with E-state index in [-0.39, 0.29) is 12.7 Å². The topological polar surface area (TPSA) is 58.7 Å². The summed E-state index contributed by atoms with van der Waals surface area (Å²) in [5.41, 5.74) is 5.45. The molecule has 0 radical (unpaired) electrons. The zero-order valence-electron chi connectivity index (χ0n) is 8.28. The number of nitrogens with zero attached hydrogens (tertiary/aromatic N) is 1. The summed E-state index contributed by atoms with van der Waals surface area (Å²) in [7, 11) is 0. The molecule has 2 atom stereocenters. The van der Waals surface area contributed by atoms with E-state index in [9.17, 15) is 0 Å². The summed E-state index contributed by atoms with van der Waals surface area (Å²) in [5, 5.41) is 8.94. The summed E-state index contributed by atoms with van der Waals surface area (Å²) < 4.78 is 5.43. The molecule has 0 aromatic heterocycles. The molecule has 1 heterocycles. The van der Waals surface area contributed by atoms with Gasteiger partial charge in [-0.15, -0.1) is 0 Å². The fourth-order valence-corrected chi connectivity index (χ4v) is 1.59. The first-order valence-corrected chi connectivity index (χ1v) is 4.94. The second-order valence-electron chi connectivity index (χ2n) is 3.62. The maximum absolute atomic E-state index is 8.94. The van der Waals surface area contributed by atoms with E-state index in [1.54, 1.807) is 0 Å². The summed E-state index contributed by atoms with van der Waals surface area (Å²) in [6.07, 6.45) is 1.01. The van der Waals surface area contributed by atoms with Crippen molar-refractivity contribution in [3.63, 3.8) is 0 Å². The number of hydrogen-bond acceptors (Lipinski definition) is 4. The molecule has 1 aliphatic heterocycles. The summed E-state index contributed by atoms with van der Waals surface area (Å²) in [5.74, 6) is 0. The van der Waals surface area contributed by atoms with E-state index in [1.165, 1.54) is 0 Å². The average molecular weight is 188 g/mol. The van der Waals surface area contributed by atoms with Gasteiger partial charge in [-0.1, -0.05) is 0 Å². The third-order valence-corrected chi connectivity index (χ3v) is 2.49. The Morgan fingerprint density at radius 1 is 1.62 bits per heavy atom. The summed E-state index contributed by atoms with van der Waals surface area (Å²) in [4.78, 5) is 2.33. The van der Waals surface area contributed by atoms with Crippen LogP contribution < -0.4 is 5.73 Å². The molecule has 13 heavy (non-hydrogen) atoms. The maximum Gasteiger partial charge on any atom is 0.0933 e. The van der Waals surface area contributed by atoms with Crippen LogP contribution in [0.15, 0.2) is 0 Å². The first-order valence-electron chi connectivity index (χ1n) is 4.94. The molecule has 1 fully saturated rings. The maximum atomic E-state index is 8.94. The van der Waals surface area contributed by atoms with Crippen LogP contribution in [0.4, 0.5) is 0 Å². The van der Waals surface area contributed by atoms with Gasteiger partial charge in [0.15, 0.2) is 0 Å². The Kier molecular flexibility index (Phi) is 4.66. The number of aliphatic hydroxyl groups is 1. The fourth-order valence-electron chi connectivity index (χ4n) is 1.59. The van der Waals surface area contributed by atoms with Gasteiger partial charge in [0.1, 0.15) is 0 Å². The van der Waals surface area contributed by atoms with Crippen LogP contribution in [0.1, 0.15) is 13.3 Å². The van der Waals surface area contributed by atoms with Crippen LogP contribution in [0.5, 0.6) is 0 Å². The Labute approximate surface area is 79.7 Å². The van der Waals surface area contributed by atoms with Crippen molar-refractivity contribution in [1.82, 2.24) is 4.90 Å². The first-order chi connectivity index (χ1) is 6.27. The smallest absolute Gasteiger partial charge is 0.0933 e.